The lowest BCUT2D eigenvalue weighted by molar-refractivity contribution is 0.0748. The third-order valence-electron chi connectivity index (χ3n) is 3.44. The number of rotatable bonds is 12. The highest BCUT2D eigenvalue weighted by atomic mass is 16.6. The Kier molecular flexibility index (Phi) is 8.29. The molecular weight excluding hydrogens is 336 g/mol. The van der Waals surface area contributed by atoms with Crippen LogP contribution in [0.2, 0.25) is 0 Å². The minimum atomic E-state index is 0.367. The van der Waals surface area contributed by atoms with E-state index in [1.165, 1.54) is 7.11 Å². The fourth-order valence-corrected chi connectivity index (χ4v) is 2.24. The smallest absolute Gasteiger partial charge is 0.161 e. The lowest BCUT2D eigenvalue weighted by atomic mass is 10.2. The van der Waals surface area contributed by atoms with Crippen LogP contribution in [0.15, 0.2) is 42.5 Å². The highest BCUT2D eigenvalue weighted by Gasteiger charge is 2.06. The maximum absolute atomic E-state index is 10.8. The molecule has 0 unspecified atom stereocenters. The summed E-state index contributed by atoms with van der Waals surface area (Å²) in [6.07, 6.45) is 0.763. The summed E-state index contributed by atoms with van der Waals surface area (Å²) >= 11 is 0. The molecule has 6 heteroatoms. The Balaban J connectivity index is 1.66. The predicted molar refractivity (Wildman–Crippen MR) is 97.8 cm³/mol. The highest BCUT2D eigenvalue weighted by Crippen LogP contribution is 2.27. The molecule has 6 nitrogen and oxygen atoms in total. The molecule has 2 aromatic carbocycles. The van der Waals surface area contributed by atoms with Crippen molar-refractivity contribution in [3.8, 4) is 23.0 Å². The summed E-state index contributed by atoms with van der Waals surface area (Å²) in [4.78, 5) is 10.8. The van der Waals surface area contributed by atoms with Crippen molar-refractivity contribution < 1.29 is 28.5 Å². The molecule has 0 aromatic heterocycles. The Labute approximate surface area is 153 Å². The Morgan fingerprint density at radius 3 is 2.00 bits per heavy atom. The summed E-state index contributed by atoms with van der Waals surface area (Å²) in [5.41, 5.74) is 0.537. The summed E-state index contributed by atoms with van der Waals surface area (Å²) in [7, 11) is 1.53. The fraction of sp³-hybridized carbons (Fsp3) is 0.350. The number of ether oxygens (including phenoxy) is 5. The van der Waals surface area contributed by atoms with Crippen LogP contribution in [0.1, 0.15) is 17.3 Å². The molecule has 0 fully saturated rings. The first-order chi connectivity index (χ1) is 12.8. The molecule has 0 aliphatic rings. The first-order valence-corrected chi connectivity index (χ1v) is 8.46. The Morgan fingerprint density at radius 1 is 0.808 bits per heavy atom. The predicted octanol–water partition coefficient (Wildman–Crippen LogP) is 3.38. The lowest BCUT2D eigenvalue weighted by Crippen LogP contribution is -2.12. The first-order valence-electron chi connectivity index (χ1n) is 8.46. The van der Waals surface area contributed by atoms with Crippen molar-refractivity contribution in [3.05, 3.63) is 48.0 Å². The third-order valence-corrected chi connectivity index (χ3v) is 3.44. The summed E-state index contributed by atoms with van der Waals surface area (Å²) in [5, 5.41) is 0. The number of carbonyl (C=O) groups is 1. The molecule has 0 bridgehead atoms. The summed E-state index contributed by atoms with van der Waals surface area (Å²) in [6.45, 7) is 4.15. The van der Waals surface area contributed by atoms with Crippen LogP contribution in [0.4, 0.5) is 0 Å². The lowest BCUT2D eigenvalue weighted by Gasteiger charge is -2.13. The zero-order valence-electron chi connectivity index (χ0n) is 15.1. The second kappa shape index (κ2) is 11.0. The number of hydrogen-bond acceptors (Lipinski definition) is 6. The van der Waals surface area contributed by atoms with E-state index in [4.69, 9.17) is 23.7 Å². The average molecular weight is 360 g/mol. The van der Waals surface area contributed by atoms with Crippen LogP contribution < -0.4 is 18.9 Å². The first kappa shape index (κ1) is 19.6. The zero-order chi connectivity index (χ0) is 18.6. The van der Waals surface area contributed by atoms with Gasteiger partial charge in [-0.2, -0.15) is 0 Å². The number of para-hydroxylation sites is 2. The Hall–Kier alpha value is -2.73. The van der Waals surface area contributed by atoms with Gasteiger partial charge in [-0.3, -0.25) is 4.79 Å². The van der Waals surface area contributed by atoms with Crippen molar-refractivity contribution in [2.24, 2.45) is 0 Å². The number of carbonyl (C=O) groups excluding carboxylic acids is 1. The second-order valence-corrected chi connectivity index (χ2v) is 5.22. The van der Waals surface area contributed by atoms with E-state index in [1.54, 1.807) is 18.2 Å². The molecule has 0 N–H and O–H groups in total. The van der Waals surface area contributed by atoms with Crippen LogP contribution in [0.5, 0.6) is 23.0 Å². The Morgan fingerprint density at radius 2 is 1.42 bits per heavy atom. The van der Waals surface area contributed by atoms with Gasteiger partial charge in [0.05, 0.1) is 26.9 Å². The van der Waals surface area contributed by atoms with Gasteiger partial charge < -0.3 is 23.7 Å². The van der Waals surface area contributed by atoms with Gasteiger partial charge in [0.2, 0.25) is 0 Å². The van der Waals surface area contributed by atoms with Crippen molar-refractivity contribution >= 4 is 6.29 Å². The van der Waals surface area contributed by atoms with Crippen molar-refractivity contribution in [2.75, 3.05) is 40.1 Å². The third kappa shape index (κ3) is 5.97. The summed E-state index contributed by atoms with van der Waals surface area (Å²) < 4.78 is 27.5. The molecular formula is C20H24O6. The molecule has 0 atom stereocenters. The topological polar surface area (TPSA) is 63.2 Å². The molecule has 2 aromatic rings. The molecule has 0 aliphatic carbocycles. The van der Waals surface area contributed by atoms with Crippen LogP contribution in [0.25, 0.3) is 0 Å². The second-order valence-electron chi connectivity index (χ2n) is 5.22. The van der Waals surface area contributed by atoms with E-state index < -0.39 is 0 Å². The number of hydrogen-bond donors (Lipinski definition) is 0. The van der Waals surface area contributed by atoms with Crippen LogP contribution >= 0.6 is 0 Å². The van der Waals surface area contributed by atoms with E-state index in [0.29, 0.717) is 55.8 Å². The number of methoxy groups -OCH3 is 1. The minimum Gasteiger partial charge on any atom is -0.493 e. The maximum Gasteiger partial charge on any atom is 0.161 e. The molecule has 0 aliphatic heterocycles. The molecule has 140 valence electrons. The van der Waals surface area contributed by atoms with E-state index in [-0.39, 0.29) is 0 Å². The number of aldehydes is 1. The molecule has 0 heterocycles. The molecule has 0 saturated heterocycles. The Bertz CT molecular complexity index is 686. The van der Waals surface area contributed by atoms with Crippen LogP contribution in [-0.2, 0) is 4.74 Å². The van der Waals surface area contributed by atoms with E-state index in [2.05, 4.69) is 0 Å². The largest absolute Gasteiger partial charge is 0.493 e. The normalized spacial score (nSPS) is 10.2. The van der Waals surface area contributed by atoms with Gasteiger partial charge in [-0.1, -0.05) is 12.1 Å². The number of benzene rings is 2. The zero-order valence-corrected chi connectivity index (χ0v) is 15.1. The minimum absolute atomic E-state index is 0.367. The van der Waals surface area contributed by atoms with Crippen molar-refractivity contribution in [2.45, 2.75) is 6.92 Å². The fourth-order valence-electron chi connectivity index (χ4n) is 2.24. The van der Waals surface area contributed by atoms with Crippen molar-refractivity contribution in [3.63, 3.8) is 0 Å². The maximum atomic E-state index is 10.8. The SMILES string of the molecule is CCOc1ccccc1OCCOCCOc1ccc(C=O)cc1OC. The highest BCUT2D eigenvalue weighted by molar-refractivity contribution is 5.76. The average Bonchev–Trinajstić information content (AvgIpc) is 2.68. The van der Waals surface area contributed by atoms with E-state index in [9.17, 15) is 4.79 Å². The van der Waals surface area contributed by atoms with Crippen molar-refractivity contribution in [1.82, 2.24) is 0 Å². The standard InChI is InChI=1S/C20H24O6/c1-3-24-17-6-4-5-7-18(17)25-12-10-23-11-13-26-19-9-8-16(15-21)14-20(19)22-2/h4-9,14-15H,3,10-13H2,1-2H3. The molecule has 0 amide bonds. The van der Waals surface area contributed by atoms with Gasteiger partial charge in [-0.05, 0) is 37.3 Å². The molecule has 0 spiro atoms. The van der Waals surface area contributed by atoms with Crippen LogP contribution in [-0.4, -0.2) is 46.4 Å². The van der Waals surface area contributed by atoms with Crippen molar-refractivity contribution in [1.29, 1.82) is 0 Å². The van der Waals surface area contributed by atoms with Gasteiger partial charge in [0.25, 0.3) is 0 Å². The van der Waals surface area contributed by atoms with Gasteiger partial charge in [-0.15, -0.1) is 0 Å². The van der Waals surface area contributed by atoms with E-state index in [1.807, 2.05) is 31.2 Å². The summed E-state index contributed by atoms with van der Waals surface area (Å²) in [6, 6.07) is 12.6. The molecule has 0 saturated carbocycles. The molecule has 0 radical (unpaired) electrons. The van der Waals surface area contributed by atoms with Gasteiger partial charge in [0, 0.05) is 5.56 Å². The van der Waals surface area contributed by atoms with Gasteiger partial charge in [-0.25, -0.2) is 0 Å². The molecule has 26 heavy (non-hydrogen) atoms. The monoisotopic (exact) mass is 360 g/mol. The van der Waals surface area contributed by atoms with E-state index in [0.717, 1.165) is 12.0 Å². The van der Waals surface area contributed by atoms with E-state index >= 15 is 0 Å². The van der Waals surface area contributed by atoms with Crippen LogP contribution in [0.3, 0.4) is 0 Å². The molecule has 2 rings (SSSR count). The quantitative estimate of drug-likeness (QED) is 0.427. The van der Waals surface area contributed by atoms with Gasteiger partial charge in [0.15, 0.2) is 23.0 Å². The van der Waals surface area contributed by atoms with Gasteiger partial charge in [0.1, 0.15) is 19.5 Å². The van der Waals surface area contributed by atoms with Gasteiger partial charge >= 0.3 is 0 Å². The summed E-state index contributed by atoms with van der Waals surface area (Å²) in [5.74, 6) is 2.52. The van der Waals surface area contributed by atoms with Crippen LogP contribution in [0, 0.1) is 0 Å².